The number of aliphatic hydroxyl groups is 1. The van der Waals surface area contributed by atoms with Crippen LogP contribution in [-0.4, -0.2) is 16.2 Å². The van der Waals surface area contributed by atoms with E-state index in [1.54, 1.807) is 0 Å². The summed E-state index contributed by atoms with van der Waals surface area (Å²) >= 11 is 0. The van der Waals surface area contributed by atoms with Gasteiger partial charge in [-0.3, -0.25) is 4.98 Å². The molecule has 2 unspecified atom stereocenters. The van der Waals surface area contributed by atoms with E-state index in [9.17, 15) is 5.11 Å². The number of aliphatic hydroxyl groups excluding tert-OH is 1. The van der Waals surface area contributed by atoms with E-state index in [4.69, 9.17) is 0 Å². The van der Waals surface area contributed by atoms with Gasteiger partial charge in [-0.2, -0.15) is 0 Å². The van der Waals surface area contributed by atoms with E-state index in [1.165, 1.54) is 29.2 Å². The number of hydrogen-bond acceptors (Lipinski definition) is 2. The first kappa shape index (κ1) is 11.7. The summed E-state index contributed by atoms with van der Waals surface area (Å²) in [5.74, 6) is 0.278. The van der Waals surface area contributed by atoms with Crippen LogP contribution in [0.25, 0.3) is 10.8 Å². The lowest BCUT2D eigenvalue weighted by Gasteiger charge is -2.22. The van der Waals surface area contributed by atoms with E-state index in [1.807, 2.05) is 18.5 Å². The first-order valence-electron chi connectivity index (χ1n) is 6.87. The Morgan fingerprint density at radius 2 is 1.94 bits per heavy atom. The standard InChI is InChI=1S/C16H19NO/c18-16-8-3-1-2-6-14(16)13-7-4-5-12-9-10-17-11-15(12)13/h4-5,7,9-11,14,16,18H,1-3,6,8H2. The molecule has 0 radical (unpaired) electrons. The highest BCUT2D eigenvalue weighted by Gasteiger charge is 2.24. The van der Waals surface area contributed by atoms with Crippen LogP contribution in [-0.2, 0) is 0 Å². The van der Waals surface area contributed by atoms with Crippen molar-refractivity contribution in [2.75, 3.05) is 0 Å². The predicted octanol–water partition coefficient (Wildman–Crippen LogP) is 3.64. The van der Waals surface area contributed by atoms with Gasteiger partial charge in [0.15, 0.2) is 0 Å². The molecule has 94 valence electrons. The van der Waals surface area contributed by atoms with Gasteiger partial charge in [-0.1, -0.05) is 37.5 Å². The van der Waals surface area contributed by atoms with Crippen molar-refractivity contribution in [3.8, 4) is 0 Å². The number of aromatic nitrogens is 1. The molecule has 1 aromatic carbocycles. The first-order chi connectivity index (χ1) is 8.86. The van der Waals surface area contributed by atoms with E-state index in [0.717, 1.165) is 19.3 Å². The number of nitrogens with zero attached hydrogens (tertiary/aromatic N) is 1. The van der Waals surface area contributed by atoms with Gasteiger partial charge in [0.05, 0.1) is 6.10 Å². The quantitative estimate of drug-likeness (QED) is 0.773. The monoisotopic (exact) mass is 241 g/mol. The third-order valence-electron chi connectivity index (χ3n) is 4.10. The second-order valence-electron chi connectivity index (χ2n) is 5.26. The maximum atomic E-state index is 10.3. The minimum absolute atomic E-state index is 0.196. The molecule has 1 saturated carbocycles. The fourth-order valence-electron chi connectivity index (χ4n) is 3.11. The second-order valence-corrected chi connectivity index (χ2v) is 5.26. The Morgan fingerprint density at radius 1 is 1.06 bits per heavy atom. The third-order valence-corrected chi connectivity index (χ3v) is 4.10. The SMILES string of the molecule is OC1CCCCCC1c1cccc2ccncc12. The highest BCUT2D eigenvalue weighted by Crippen LogP contribution is 2.35. The number of fused-ring (bicyclic) bond motifs is 1. The Bertz CT molecular complexity index is 532. The van der Waals surface area contributed by atoms with Crippen LogP contribution in [0, 0.1) is 0 Å². The van der Waals surface area contributed by atoms with E-state index in [2.05, 4.69) is 23.2 Å². The van der Waals surface area contributed by atoms with Gasteiger partial charge in [0.2, 0.25) is 0 Å². The Labute approximate surface area is 108 Å². The van der Waals surface area contributed by atoms with Crippen molar-refractivity contribution in [3.05, 3.63) is 42.2 Å². The highest BCUT2D eigenvalue weighted by atomic mass is 16.3. The van der Waals surface area contributed by atoms with Gasteiger partial charge in [0, 0.05) is 23.7 Å². The Hall–Kier alpha value is -1.41. The molecule has 1 fully saturated rings. The lowest BCUT2D eigenvalue weighted by atomic mass is 9.87. The molecule has 1 aliphatic carbocycles. The van der Waals surface area contributed by atoms with E-state index in [-0.39, 0.29) is 12.0 Å². The summed E-state index contributed by atoms with van der Waals surface area (Å²) in [7, 11) is 0. The van der Waals surface area contributed by atoms with Crippen LogP contribution >= 0.6 is 0 Å². The number of rotatable bonds is 1. The zero-order valence-electron chi connectivity index (χ0n) is 10.5. The molecule has 3 rings (SSSR count). The molecule has 0 aliphatic heterocycles. The van der Waals surface area contributed by atoms with Crippen molar-refractivity contribution < 1.29 is 5.11 Å². The minimum Gasteiger partial charge on any atom is -0.392 e. The Kier molecular flexibility index (Phi) is 3.28. The molecule has 18 heavy (non-hydrogen) atoms. The van der Waals surface area contributed by atoms with E-state index < -0.39 is 0 Å². The Balaban J connectivity index is 2.07. The minimum atomic E-state index is -0.196. The zero-order valence-corrected chi connectivity index (χ0v) is 10.5. The topological polar surface area (TPSA) is 33.1 Å². The summed E-state index contributed by atoms with van der Waals surface area (Å²) in [4.78, 5) is 4.24. The molecule has 1 N–H and O–H groups in total. The smallest absolute Gasteiger partial charge is 0.0608 e. The second kappa shape index (κ2) is 5.07. The molecule has 0 saturated heterocycles. The van der Waals surface area contributed by atoms with Crippen molar-refractivity contribution in [2.45, 2.75) is 44.1 Å². The first-order valence-corrected chi connectivity index (χ1v) is 6.87. The molecule has 1 aromatic heterocycles. The van der Waals surface area contributed by atoms with Gasteiger partial charge in [-0.15, -0.1) is 0 Å². The van der Waals surface area contributed by atoms with Crippen LogP contribution in [0.5, 0.6) is 0 Å². The van der Waals surface area contributed by atoms with Crippen LogP contribution < -0.4 is 0 Å². The predicted molar refractivity (Wildman–Crippen MR) is 73.6 cm³/mol. The summed E-state index contributed by atoms with van der Waals surface area (Å²) in [6, 6.07) is 8.41. The number of benzene rings is 1. The molecule has 1 aliphatic rings. The Morgan fingerprint density at radius 3 is 2.89 bits per heavy atom. The van der Waals surface area contributed by atoms with Gasteiger partial charge in [0.25, 0.3) is 0 Å². The fourth-order valence-corrected chi connectivity index (χ4v) is 3.11. The lowest BCUT2D eigenvalue weighted by Crippen LogP contribution is -2.17. The van der Waals surface area contributed by atoms with Gasteiger partial charge in [-0.25, -0.2) is 0 Å². The molecule has 1 heterocycles. The van der Waals surface area contributed by atoms with Crippen molar-refractivity contribution in [3.63, 3.8) is 0 Å². The van der Waals surface area contributed by atoms with E-state index >= 15 is 0 Å². The molecule has 2 atom stereocenters. The van der Waals surface area contributed by atoms with Crippen LogP contribution in [0.3, 0.4) is 0 Å². The third kappa shape index (κ3) is 2.13. The summed E-state index contributed by atoms with van der Waals surface area (Å²) in [5, 5.41) is 12.8. The molecule has 2 heteroatoms. The summed E-state index contributed by atoms with van der Waals surface area (Å²) < 4.78 is 0. The molecule has 2 nitrogen and oxygen atoms in total. The largest absolute Gasteiger partial charge is 0.392 e. The van der Waals surface area contributed by atoms with Crippen molar-refractivity contribution in [2.24, 2.45) is 0 Å². The lowest BCUT2D eigenvalue weighted by molar-refractivity contribution is 0.136. The fraction of sp³-hybridized carbons (Fsp3) is 0.438. The van der Waals surface area contributed by atoms with Crippen molar-refractivity contribution >= 4 is 10.8 Å². The van der Waals surface area contributed by atoms with Gasteiger partial charge in [-0.05, 0) is 29.9 Å². The number of pyridine rings is 1. The molecule has 0 spiro atoms. The van der Waals surface area contributed by atoms with E-state index in [0.29, 0.717) is 0 Å². The average Bonchev–Trinajstić information content (AvgIpc) is 2.63. The normalized spacial score (nSPS) is 24.9. The average molecular weight is 241 g/mol. The summed E-state index contributed by atoms with van der Waals surface area (Å²) in [6.45, 7) is 0. The van der Waals surface area contributed by atoms with Gasteiger partial charge < -0.3 is 5.11 Å². The van der Waals surface area contributed by atoms with Gasteiger partial charge >= 0.3 is 0 Å². The van der Waals surface area contributed by atoms with Crippen LogP contribution in [0.2, 0.25) is 0 Å². The molecule has 0 amide bonds. The van der Waals surface area contributed by atoms with Crippen LogP contribution in [0.15, 0.2) is 36.7 Å². The van der Waals surface area contributed by atoms with Crippen molar-refractivity contribution in [1.82, 2.24) is 4.98 Å². The highest BCUT2D eigenvalue weighted by molar-refractivity contribution is 5.85. The number of hydrogen-bond donors (Lipinski definition) is 1. The van der Waals surface area contributed by atoms with Crippen molar-refractivity contribution in [1.29, 1.82) is 0 Å². The molecule has 0 bridgehead atoms. The summed E-state index contributed by atoms with van der Waals surface area (Å²) in [5.41, 5.74) is 1.27. The molecular weight excluding hydrogens is 222 g/mol. The van der Waals surface area contributed by atoms with Gasteiger partial charge in [0.1, 0.15) is 0 Å². The maximum absolute atomic E-state index is 10.3. The summed E-state index contributed by atoms with van der Waals surface area (Å²) in [6.07, 6.45) is 9.21. The van der Waals surface area contributed by atoms with Crippen LogP contribution in [0.4, 0.5) is 0 Å². The zero-order chi connectivity index (χ0) is 12.4. The molecular formula is C16H19NO. The maximum Gasteiger partial charge on any atom is 0.0608 e. The molecule has 2 aromatic rings. The van der Waals surface area contributed by atoms with Crippen LogP contribution in [0.1, 0.15) is 43.6 Å².